The number of benzene rings is 1. The van der Waals surface area contributed by atoms with Gasteiger partial charge in [-0.05, 0) is 44.2 Å². The number of halogens is 2. The predicted molar refractivity (Wildman–Crippen MR) is 144 cm³/mol. The number of nitrogens with one attached hydrogen (secondary N) is 2. The van der Waals surface area contributed by atoms with Crippen molar-refractivity contribution < 1.29 is 28.2 Å². The number of rotatable bonds is 6. The van der Waals surface area contributed by atoms with E-state index in [2.05, 4.69) is 0 Å². The maximum absolute atomic E-state index is 14.1. The van der Waals surface area contributed by atoms with Crippen LogP contribution in [0.4, 0.5) is 8.78 Å². The van der Waals surface area contributed by atoms with Gasteiger partial charge in [0.05, 0.1) is 23.1 Å². The molecule has 2 saturated carbocycles. The molecule has 13 heteroatoms. The van der Waals surface area contributed by atoms with Crippen LogP contribution in [0.3, 0.4) is 0 Å². The third kappa shape index (κ3) is 4.09. The van der Waals surface area contributed by atoms with E-state index in [0.29, 0.717) is 30.7 Å². The van der Waals surface area contributed by atoms with Crippen LogP contribution in [-0.2, 0) is 16.0 Å². The van der Waals surface area contributed by atoms with E-state index in [9.17, 15) is 28.3 Å². The first-order valence-corrected chi connectivity index (χ1v) is 13.8. The number of ether oxygens (including phenoxy) is 1. The average Bonchev–Trinajstić information content (AvgIpc) is 3.52. The molecule has 2 aliphatic carbocycles. The van der Waals surface area contributed by atoms with Gasteiger partial charge in [-0.1, -0.05) is 17.8 Å². The summed E-state index contributed by atoms with van der Waals surface area (Å²) >= 11 is 0.590. The summed E-state index contributed by atoms with van der Waals surface area (Å²) in [5, 5.41) is 28.8. The Morgan fingerprint density at radius 1 is 1.25 bits per heavy atom. The van der Waals surface area contributed by atoms with Crippen LogP contribution in [0, 0.1) is 40.2 Å². The summed E-state index contributed by atoms with van der Waals surface area (Å²) in [5.74, 6) is -3.80. The molecule has 1 aromatic carbocycles. The van der Waals surface area contributed by atoms with Crippen molar-refractivity contribution in [3.8, 4) is 5.75 Å². The van der Waals surface area contributed by atoms with Gasteiger partial charge in [0, 0.05) is 38.2 Å². The van der Waals surface area contributed by atoms with E-state index in [1.807, 2.05) is 0 Å². The second-order valence-electron chi connectivity index (χ2n) is 10.1. The number of esters is 1. The molecule has 3 aliphatic rings. The summed E-state index contributed by atoms with van der Waals surface area (Å²) in [5.41, 5.74) is -2.29. The van der Waals surface area contributed by atoms with Crippen molar-refractivity contribution in [2.45, 2.75) is 38.8 Å². The molecule has 3 unspecified atom stereocenters. The normalized spacial score (nSPS) is 24.6. The zero-order valence-electron chi connectivity index (χ0n) is 22.2. The molecule has 1 aliphatic heterocycles. The lowest BCUT2D eigenvalue weighted by molar-refractivity contribution is -0.146. The number of nitrogens with zero attached hydrogens (tertiary/aromatic N) is 3. The molecule has 212 valence electrons. The van der Waals surface area contributed by atoms with Gasteiger partial charge in [-0.2, -0.15) is 0 Å². The molecule has 2 fully saturated rings. The molecule has 5 rings (SSSR count). The molecule has 3 N–H and O–H groups in total. The van der Waals surface area contributed by atoms with Crippen molar-refractivity contribution in [3.63, 3.8) is 0 Å². The average molecular weight is 574 g/mol. The molecule has 0 bridgehead atoms. The minimum atomic E-state index is -0.946. The van der Waals surface area contributed by atoms with E-state index >= 15 is 0 Å². The van der Waals surface area contributed by atoms with Crippen molar-refractivity contribution in [2.75, 3.05) is 25.2 Å². The number of hydrogen-bond donors (Lipinski definition) is 3. The molecule has 4 atom stereocenters. The third-order valence-electron chi connectivity index (χ3n) is 8.22. The van der Waals surface area contributed by atoms with Crippen molar-refractivity contribution >= 4 is 33.7 Å². The molecular weight excluding hydrogens is 544 g/mol. The quantitative estimate of drug-likeness (QED) is 0.274. The first kappa shape index (κ1) is 27.8. The lowest BCUT2D eigenvalue weighted by Crippen LogP contribution is -2.70. The number of pyridine rings is 1. The standard InChI is InChI=1S/C27H29F2N5O5S/c1-4-33-25(37)21-23(36)22(35)16(24(31)40-18(30)10-13-6-7-14(28)11-17(13)29)12-34(21)32(3)27(33)9-8-15-19(20(15)27)26(38)39-5-2/h6-7,11-12,15,19-20,30-31,36H,4-5,8-10H2,1-3H3/t15?,19-,20?,27?/m0/s1. The summed E-state index contributed by atoms with van der Waals surface area (Å²) in [7, 11) is 1.71. The minimum Gasteiger partial charge on any atom is -0.502 e. The monoisotopic (exact) mass is 573 g/mol. The van der Waals surface area contributed by atoms with Gasteiger partial charge in [-0.15, -0.1) is 0 Å². The first-order chi connectivity index (χ1) is 19.0. The van der Waals surface area contributed by atoms with E-state index in [0.717, 1.165) is 6.07 Å². The molecule has 10 nitrogen and oxygen atoms in total. The number of thioether (sulfide) groups is 1. The predicted octanol–water partition coefficient (Wildman–Crippen LogP) is 3.07. The summed E-state index contributed by atoms with van der Waals surface area (Å²) in [6, 6.07) is 2.98. The van der Waals surface area contributed by atoms with Gasteiger partial charge in [0.1, 0.15) is 22.3 Å². The van der Waals surface area contributed by atoms with Gasteiger partial charge in [-0.25, -0.2) is 8.78 Å². The Labute approximate surface area is 232 Å². The molecular formula is C27H29F2N5O5S. The number of fused-ring (bicyclic) bond motifs is 3. The van der Waals surface area contributed by atoms with Gasteiger partial charge < -0.3 is 14.7 Å². The number of aromatic hydroxyl groups is 1. The van der Waals surface area contributed by atoms with Crippen LogP contribution >= 0.6 is 11.8 Å². The minimum absolute atomic E-state index is 0.0403. The van der Waals surface area contributed by atoms with Crippen molar-refractivity contribution in [3.05, 3.63) is 63.1 Å². The topological polar surface area (TPSA) is 140 Å². The highest BCUT2D eigenvalue weighted by molar-refractivity contribution is 8.26. The second-order valence-corrected chi connectivity index (χ2v) is 11.2. The molecule has 0 radical (unpaired) electrons. The fourth-order valence-electron chi connectivity index (χ4n) is 6.48. The van der Waals surface area contributed by atoms with Crippen LogP contribution in [0.1, 0.15) is 48.3 Å². The Kier molecular flexibility index (Phi) is 6.97. The molecule has 40 heavy (non-hydrogen) atoms. The van der Waals surface area contributed by atoms with Crippen LogP contribution in [0.25, 0.3) is 0 Å². The van der Waals surface area contributed by atoms with E-state index in [4.69, 9.17) is 15.6 Å². The maximum Gasteiger partial charge on any atom is 0.309 e. The van der Waals surface area contributed by atoms with Crippen molar-refractivity contribution in [1.29, 1.82) is 10.8 Å². The van der Waals surface area contributed by atoms with E-state index in [1.54, 1.807) is 30.8 Å². The number of hydrogen-bond acceptors (Lipinski definition) is 9. The largest absolute Gasteiger partial charge is 0.502 e. The zero-order chi connectivity index (χ0) is 29.1. The molecule has 0 saturated heterocycles. The number of amides is 1. The Hall–Kier alpha value is -3.74. The fourth-order valence-corrected chi connectivity index (χ4v) is 7.21. The molecule has 2 aromatic rings. The van der Waals surface area contributed by atoms with E-state index < -0.39 is 34.4 Å². The Bertz CT molecular complexity index is 1510. The summed E-state index contributed by atoms with van der Waals surface area (Å²) in [6.45, 7) is 4.06. The first-order valence-electron chi connectivity index (χ1n) is 13.0. The lowest BCUT2D eigenvalue weighted by Gasteiger charge is -2.54. The van der Waals surface area contributed by atoms with Crippen LogP contribution in [0.15, 0.2) is 29.2 Å². The van der Waals surface area contributed by atoms with E-state index in [-0.39, 0.29) is 70.2 Å². The Balaban J connectivity index is 1.48. The highest BCUT2D eigenvalue weighted by atomic mass is 32.2. The molecule has 2 heterocycles. The number of aromatic nitrogens is 1. The number of carbonyl (C=O) groups excluding carboxylic acids is 2. The Morgan fingerprint density at radius 3 is 2.62 bits per heavy atom. The third-order valence-corrected chi connectivity index (χ3v) is 9.04. The SMILES string of the molecule is CCOC(=O)[C@H]1C2CCC3(C21)N(CC)C(=O)c1c(O)c(=O)c(C(=N)SC(=N)Cc2ccc(F)cc2F)cn1N3C. The van der Waals surface area contributed by atoms with Gasteiger partial charge in [-0.3, -0.25) is 34.9 Å². The molecule has 1 aromatic heterocycles. The second kappa shape index (κ2) is 10.0. The summed E-state index contributed by atoms with van der Waals surface area (Å²) in [6.07, 6.45) is 2.32. The lowest BCUT2D eigenvalue weighted by atomic mass is 9.94. The zero-order valence-corrected chi connectivity index (χ0v) is 23.0. The van der Waals surface area contributed by atoms with Crippen molar-refractivity contribution in [2.24, 2.45) is 17.8 Å². The summed E-state index contributed by atoms with van der Waals surface area (Å²) < 4.78 is 33.9. The Morgan fingerprint density at radius 2 is 1.98 bits per heavy atom. The van der Waals surface area contributed by atoms with Crippen LogP contribution < -0.4 is 10.4 Å². The molecule has 1 spiro atoms. The van der Waals surface area contributed by atoms with Gasteiger partial charge in [0.2, 0.25) is 5.43 Å². The smallest absolute Gasteiger partial charge is 0.309 e. The van der Waals surface area contributed by atoms with Gasteiger partial charge >= 0.3 is 5.97 Å². The summed E-state index contributed by atoms with van der Waals surface area (Å²) in [4.78, 5) is 41.1. The van der Waals surface area contributed by atoms with Gasteiger partial charge in [0.25, 0.3) is 5.91 Å². The van der Waals surface area contributed by atoms with Crippen LogP contribution in [-0.4, -0.2) is 62.5 Å². The van der Waals surface area contributed by atoms with Gasteiger partial charge in [0.15, 0.2) is 11.4 Å². The van der Waals surface area contributed by atoms with Crippen LogP contribution in [0.5, 0.6) is 5.75 Å². The highest BCUT2D eigenvalue weighted by Gasteiger charge is 2.73. The highest BCUT2D eigenvalue weighted by Crippen LogP contribution is 2.65. The maximum atomic E-state index is 14.1. The van der Waals surface area contributed by atoms with E-state index in [1.165, 1.54) is 16.9 Å². The number of carbonyl (C=O) groups is 2. The molecule has 1 amide bonds. The fraction of sp³-hybridized carbons (Fsp3) is 0.444. The van der Waals surface area contributed by atoms with Crippen LogP contribution in [0.2, 0.25) is 0 Å². The van der Waals surface area contributed by atoms with Crippen molar-refractivity contribution in [1.82, 2.24) is 9.58 Å².